The highest BCUT2D eigenvalue weighted by Gasteiger charge is 2.22. The molecule has 0 saturated carbocycles. The summed E-state index contributed by atoms with van der Waals surface area (Å²) >= 11 is 12.3. The quantitative estimate of drug-likeness (QED) is 0.700. The number of ether oxygens (including phenoxy) is 1. The number of anilines is 1. The van der Waals surface area contributed by atoms with Gasteiger partial charge in [-0.15, -0.1) is 15.3 Å². The number of hydrogen-bond acceptors (Lipinski definition) is 6. The van der Waals surface area contributed by atoms with Gasteiger partial charge >= 0.3 is 0 Å². The van der Waals surface area contributed by atoms with Crippen molar-refractivity contribution >= 4 is 34.7 Å². The Morgan fingerprint density at radius 2 is 1.96 bits per heavy atom. The van der Waals surface area contributed by atoms with E-state index in [1.54, 1.807) is 22.7 Å². The van der Waals surface area contributed by atoms with Crippen LogP contribution in [0, 0.1) is 0 Å². The molecule has 1 fully saturated rings. The third kappa shape index (κ3) is 4.01. The van der Waals surface area contributed by atoms with Crippen molar-refractivity contribution in [1.29, 1.82) is 0 Å². The molecule has 1 atom stereocenters. The van der Waals surface area contributed by atoms with Crippen molar-refractivity contribution in [1.82, 2.24) is 19.8 Å². The van der Waals surface area contributed by atoms with Gasteiger partial charge in [-0.3, -0.25) is 0 Å². The molecule has 1 saturated heterocycles. The van der Waals surface area contributed by atoms with Gasteiger partial charge in [-0.25, -0.2) is 0 Å². The monoisotopic (exact) mass is 407 g/mol. The number of fused-ring (bicyclic) bond motifs is 1. The molecule has 0 bridgehead atoms. The number of benzene rings is 1. The Morgan fingerprint density at radius 1 is 1.15 bits per heavy atom. The third-order valence-corrected chi connectivity index (χ3v) is 4.95. The van der Waals surface area contributed by atoms with E-state index in [0.717, 1.165) is 37.3 Å². The van der Waals surface area contributed by atoms with Crippen molar-refractivity contribution in [2.75, 3.05) is 31.2 Å². The van der Waals surface area contributed by atoms with Gasteiger partial charge in [-0.05, 0) is 43.2 Å². The van der Waals surface area contributed by atoms with Crippen molar-refractivity contribution in [2.24, 2.45) is 0 Å². The second-order valence-electron chi connectivity index (χ2n) is 6.45. The molecule has 1 aliphatic heterocycles. The lowest BCUT2D eigenvalue weighted by Crippen LogP contribution is -2.40. The molecule has 1 aromatic carbocycles. The topological polar surface area (TPSA) is 75.8 Å². The largest absolute Gasteiger partial charge is 0.394 e. The predicted octanol–water partition coefficient (Wildman–Crippen LogP) is 3.08. The van der Waals surface area contributed by atoms with Crippen LogP contribution in [0.25, 0.3) is 17.0 Å². The smallest absolute Gasteiger partial charge is 0.185 e. The van der Waals surface area contributed by atoms with Gasteiger partial charge in [0.1, 0.15) is 5.82 Å². The highest BCUT2D eigenvalue weighted by molar-refractivity contribution is 6.35. The predicted molar refractivity (Wildman–Crippen MR) is 105 cm³/mol. The summed E-state index contributed by atoms with van der Waals surface area (Å²) in [6.45, 7) is 2.03. The minimum Gasteiger partial charge on any atom is -0.394 e. The first-order valence-electron chi connectivity index (χ1n) is 8.80. The normalized spacial score (nSPS) is 17.6. The van der Waals surface area contributed by atoms with Crippen molar-refractivity contribution in [3.05, 3.63) is 40.4 Å². The van der Waals surface area contributed by atoms with Crippen LogP contribution in [0.2, 0.25) is 10.0 Å². The van der Waals surface area contributed by atoms with Crippen LogP contribution in [0.3, 0.4) is 0 Å². The number of hydrogen-bond donors (Lipinski definition) is 1. The lowest BCUT2D eigenvalue weighted by atomic mass is 10.1. The number of rotatable bonds is 5. The molecule has 0 aliphatic carbocycles. The summed E-state index contributed by atoms with van der Waals surface area (Å²) < 4.78 is 7.40. The van der Waals surface area contributed by atoms with E-state index in [2.05, 4.69) is 15.1 Å². The SMILES string of the molecule is OCCOC1CCCN(c2ccc3nnc(-c4cc(Cl)cc(Cl)c4)n3n2)C1. The Labute approximate surface area is 166 Å². The Morgan fingerprint density at radius 3 is 2.74 bits per heavy atom. The maximum absolute atomic E-state index is 8.97. The fourth-order valence-corrected chi connectivity index (χ4v) is 3.84. The highest BCUT2D eigenvalue weighted by Crippen LogP contribution is 2.27. The van der Waals surface area contributed by atoms with Crippen LogP contribution in [-0.4, -0.2) is 57.3 Å². The van der Waals surface area contributed by atoms with E-state index in [-0.39, 0.29) is 12.7 Å². The number of aliphatic hydroxyl groups excluding tert-OH is 1. The number of halogens is 2. The number of aromatic nitrogens is 4. The first kappa shape index (κ1) is 18.4. The van der Waals surface area contributed by atoms with E-state index in [9.17, 15) is 0 Å². The van der Waals surface area contributed by atoms with Crippen molar-refractivity contribution in [3.63, 3.8) is 0 Å². The molecule has 3 aromatic rings. The first-order chi connectivity index (χ1) is 13.1. The molecule has 0 radical (unpaired) electrons. The van der Waals surface area contributed by atoms with Gasteiger partial charge in [-0.2, -0.15) is 4.52 Å². The second-order valence-corrected chi connectivity index (χ2v) is 7.32. The summed E-state index contributed by atoms with van der Waals surface area (Å²) in [5.74, 6) is 1.41. The van der Waals surface area contributed by atoms with Crippen LogP contribution >= 0.6 is 23.2 Å². The van der Waals surface area contributed by atoms with Crippen molar-refractivity contribution in [3.8, 4) is 11.4 Å². The van der Waals surface area contributed by atoms with Crippen LogP contribution in [-0.2, 0) is 4.74 Å². The first-order valence-corrected chi connectivity index (χ1v) is 9.56. The fourth-order valence-electron chi connectivity index (χ4n) is 3.31. The number of piperidine rings is 1. The van der Waals surface area contributed by atoms with E-state index < -0.39 is 0 Å². The number of aliphatic hydroxyl groups is 1. The minimum atomic E-state index is 0.0347. The van der Waals surface area contributed by atoms with Gasteiger partial charge in [0, 0.05) is 28.7 Å². The van der Waals surface area contributed by atoms with Gasteiger partial charge in [0.05, 0.1) is 19.3 Å². The second kappa shape index (κ2) is 7.98. The minimum absolute atomic E-state index is 0.0347. The third-order valence-electron chi connectivity index (χ3n) is 4.52. The fraction of sp³-hybridized carbons (Fsp3) is 0.389. The van der Waals surface area contributed by atoms with E-state index in [4.69, 9.17) is 38.1 Å². The summed E-state index contributed by atoms with van der Waals surface area (Å²) in [6, 6.07) is 9.08. The summed E-state index contributed by atoms with van der Waals surface area (Å²) in [5.41, 5.74) is 1.40. The van der Waals surface area contributed by atoms with Gasteiger partial charge in [0.25, 0.3) is 0 Å². The summed E-state index contributed by atoms with van der Waals surface area (Å²) in [5, 5.41) is 23.2. The Balaban J connectivity index is 1.65. The highest BCUT2D eigenvalue weighted by atomic mass is 35.5. The molecule has 3 heterocycles. The van der Waals surface area contributed by atoms with Crippen LogP contribution in [0.15, 0.2) is 30.3 Å². The van der Waals surface area contributed by atoms with Gasteiger partial charge in [0.2, 0.25) is 0 Å². The summed E-state index contributed by atoms with van der Waals surface area (Å²) in [4.78, 5) is 2.18. The van der Waals surface area contributed by atoms with Crippen LogP contribution in [0.5, 0.6) is 0 Å². The average Bonchev–Trinajstić information content (AvgIpc) is 3.09. The zero-order valence-corrected chi connectivity index (χ0v) is 16.1. The van der Waals surface area contributed by atoms with Crippen LogP contribution in [0.4, 0.5) is 5.82 Å². The molecule has 142 valence electrons. The summed E-state index contributed by atoms with van der Waals surface area (Å²) in [7, 11) is 0. The molecule has 1 unspecified atom stereocenters. The molecule has 9 heteroatoms. The molecule has 4 rings (SSSR count). The van der Waals surface area contributed by atoms with E-state index in [1.165, 1.54) is 0 Å². The van der Waals surface area contributed by atoms with E-state index in [0.29, 0.717) is 28.1 Å². The molecule has 1 aliphatic rings. The van der Waals surface area contributed by atoms with E-state index >= 15 is 0 Å². The lowest BCUT2D eigenvalue weighted by molar-refractivity contribution is 0.0213. The van der Waals surface area contributed by atoms with Crippen LogP contribution < -0.4 is 4.90 Å². The molecule has 1 N–H and O–H groups in total. The molecule has 2 aromatic heterocycles. The Hall–Kier alpha value is -1.93. The number of nitrogens with zero attached hydrogens (tertiary/aromatic N) is 5. The zero-order valence-electron chi connectivity index (χ0n) is 14.6. The zero-order chi connectivity index (χ0) is 18.8. The Bertz CT molecular complexity index is 928. The summed E-state index contributed by atoms with van der Waals surface area (Å²) in [6.07, 6.45) is 2.09. The van der Waals surface area contributed by atoms with Gasteiger partial charge < -0.3 is 14.7 Å². The van der Waals surface area contributed by atoms with Crippen molar-refractivity contribution in [2.45, 2.75) is 18.9 Å². The van der Waals surface area contributed by atoms with E-state index in [1.807, 2.05) is 12.1 Å². The lowest BCUT2D eigenvalue weighted by Gasteiger charge is -2.33. The Kier molecular flexibility index (Phi) is 5.45. The molecular weight excluding hydrogens is 389 g/mol. The standard InChI is InChI=1S/C18H19Cl2N5O2/c19-13-8-12(9-14(20)10-13)18-22-21-16-3-4-17(23-25(16)18)24-5-1-2-15(11-24)27-7-6-26/h3-4,8-10,15,26H,1-2,5-7,11H2. The van der Waals surface area contributed by atoms with Crippen LogP contribution in [0.1, 0.15) is 12.8 Å². The van der Waals surface area contributed by atoms with Gasteiger partial charge in [0.15, 0.2) is 11.5 Å². The molecule has 0 spiro atoms. The van der Waals surface area contributed by atoms with Crippen molar-refractivity contribution < 1.29 is 9.84 Å². The maximum Gasteiger partial charge on any atom is 0.185 e. The molecule has 7 nitrogen and oxygen atoms in total. The maximum atomic E-state index is 8.97. The molecule has 0 amide bonds. The molecule has 27 heavy (non-hydrogen) atoms. The molecular formula is C18H19Cl2N5O2. The van der Waals surface area contributed by atoms with Gasteiger partial charge in [-0.1, -0.05) is 23.2 Å². The average molecular weight is 408 g/mol.